The lowest BCUT2D eigenvalue weighted by Crippen LogP contribution is -2.18. The molecule has 0 bridgehead atoms. The van der Waals surface area contributed by atoms with Crippen LogP contribution >= 0.6 is 0 Å². The molecule has 0 aliphatic heterocycles. The van der Waals surface area contributed by atoms with Crippen LogP contribution in [0.3, 0.4) is 0 Å². The van der Waals surface area contributed by atoms with Crippen LogP contribution in [0.1, 0.15) is 12.1 Å². The minimum Gasteiger partial charge on any atom is -0.481 e. The van der Waals surface area contributed by atoms with Crippen LogP contribution in [0.15, 0.2) is 36.5 Å². The molecule has 1 heterocycles. The van der Waals surface area contributed by atoms with E-state index in [2.05, 4.69) is 10.4 Å². The Hall–Kier alpha value is -2.63. The fourth-order valence-corrected chi connectivity index (χ4v) is 2.37. The van der Waals surface area contributed by atoms with E-state index >= 15 is 0 Å². The summed E-state index contributed by atoms with van der Waals surface area (Å²) in [5.74, 6) is -2.15. The van der Waals surface area contributed by atoms with Crippen LogP contribution in [-0.2, 0) is 9.59 Å². The number of aliphatic carboxylic acids is 1. The first-order chi connectivity index (χ1) is 10.1. The molecule has 1 saturated carbocycles. The maximum absolute atomic E-state index is 12.1. The number of amides is 1. The molecule has 6 nitrogen and oxygen atoms in total. The molecule has 1 aromatic heterocycles. The maximum atomic E-state index is 12.1. The van der Waals surface area contributed by atoms with Gasteiger partial charge in [-0.05, 0) is 31.5 Å². The van der Waals surface area contributed by atoms with Gasteiger partial charge in [0, 0.05) is 11.9 Å². The van der Waals surface area contributed by atoms with Crippen LogP contribution in [-0.4, -0.2) is 26.8 Å². The monoisotopic (exact) mass is 285 g/mol. The largest absolute Gasteiger partial charge is 0.481 e. The standard InChI is InChI=1S/C15H15N3O3/c1-9-6-7-16-18(9)13-5-3-2-4-12(13)17-14(19)10-8-11(10)15(20)21/h2-7,10-11H,8H2,1H3,(H,17,19)(H,20,21)/t10-,11-/m1/s1. The molecule has 1 aliphatic carbocycles. The molecule has 1 amide bonds. The van der Waals surface area contributed by atoms with Crippen LogP contribution in [0.5, 0.6) is 0 Å². The van der Waals surface area contributed by atoms with E-state index in [4.69, 9.17) is 5.11 Å². The highest BCUT2D eigenvalue weighted by Gasteiger charge is 2.48. The van der Waals surface area contributed by atoms with E-state index in [1.165, 1.54) is 0 Å². The van der Waals surface area contributed by atoms with E-state index in [1.807, 2.05) is 31.2 Å². The third-order valence-corrected chi connectivity index (χ3v) is 3.67. The molecule has 0 saturated heterocycles. The van der Waals surface area contributed by atoms with Gasteiger partial charge in [-0.25, -0.2) is 4.68 Å². The van der Waals surface area contributed by atoms with Crippen molar-refractivity contribution in [1.29, 1.82) is 0 Å². The zero-order valence-electron chi connectivity index (χ0n) is 11.5. The molecule has 2 aromatic rings. The molecule has 1 fully saturated rings. The summed E-state index contributed by atoms with van der Waals surface area (Å²) in [6.07, 6.45) is 2.10. The number of carbonyl (C=O) groups excluding carboxylic acids is 1. The van der Waals surface area contributed by atoms with Gasteiger partial charge in [-0.1, -0.05) is 12.1 Å². The molecule has 0 radical (unpaired) electrons. The van der Waals surface area contributed by atoms with Crippen molar-refractivity contribution in [2.45, 2.75) is 13.3 Å². The fourth-order valence-electron chi connectivity index (χ4n) is 2.37. The summed E-state index contributed by atoms with van der Waals surface area (Å²) in [4.78, 5) is 22.9. The lowest BCUT2D eigenvalue weighted by atomic mass is 10.2. The Labute approximate surface area is 121 Å². The second kappa shape index (κ2) is 5.05. The molecule has 108 valence electrons. The summed E-state index contributed by atoms with van der Waals surface area (Å²) in [6.45, 7) is 1.92. The number of aryl methyl sites for hydroxylation is 1. The van der Waals surface area contributed by atoms with E-state index in [9.17, 15) is 9.59 Å². The highest BCUT2D eigenvalue weighted by molar-refractivity contribution is 5.99. The minimum absolute atomic E-state index is 0.250. The van der Waals surface area contributed by atoms with Crippen LogP contribution in [0.2, 0.25) is 0 Å². The zero-order valence-corrected chi connectivity index (χ0v) is 11.5. The van der Waals surface area contributed by atoms with Crippen molar-refractivity contribution in [2.75, 3.05) is 5.32 Å². The first kappa shape index (κ1) is 13.4. The highest BCUT2D eigenvalue weighted by atomic mass is 16.4. The van der Waals surface area contributed by atoms with Gasteiger partial charge in [0.15, 0.2) is 0 Å². The number of hydrogen-bond acceptors (Lipinski definition) is 3. The predicted octanol–water partition coefficient (Wildman–Crippen LogP) is 1.84. The zero-order chi connectivity index (χ0) is 15.0. The summed E-state index contributed by atoms with van der Waals surface area (Å²) >= 11 is 0. The van der Waals surface area contributed by atoms with Crippen molar-refractivity contribution >= 4 is 17.6 Å². The predicted molar refractivity (Wildman–Crippen MR) is 76.2 cm³/mol. The molecular formula is C15H15N3O3. The number of carbonyl (C=O) groups is 2. The first-order valence-electron chi connectivity index (χ1n) is 6.71. The SMILES string of the molecule is Cc1ccnn1-c1ccccc1NC(=O)[C@@H]1C[C@H]1C(=O)O. The van der Waals surface area contributed by atoms with Crippen molar-refractivity contribution in [2.24, 2.45) is 11.8 Å². The fraction of sp³-hybridized carbons (Fsp3) is 0.267. The Balaban J connectivity index is 1.82. The smallest absolute Gasteiger partial charge is 0.307 e. The van der Waals surface area contributed by atoms with Crippen LogP contribution in [0.25, 0.3) is 5.69 Å². The summed E-state index contributed by atoms with van der Waals surface area (Å²) in [5.41, 5.74) is 2.35. The number of anilines is 1. The number of hydrogen-bond donors (Lipinski definition) is 2. The summed E-state index contributed by atoms with van der Waals surface area (Å²) in [7, 11) is 0. The van der Waals surface area contributed by atoms with Crippen molar-refractivity contribution in [3.05, 3.63) is 42.2 Å². The molecule has 2 atom stereocenters. The number of carboxylic acids is 1. The number of carboxylic acid groups (broad SMARTS) is 1. The number of aromatic nitrogens is 2. The Kier molecular flexibility index (Phi) is 3.21. The summed E-state index contributed by atoms with van der Waals surface area (Å²) in [5, 5.41) is 15.9. The number of benzene rings is 1. The van der Waals surface area contributed by atoms with E-state index in [-0.39, 0.29) is 5.91 Å². The molecular weight excluding hydrogens is 270 g/mol. The van der Waals surface area contributed by atoms with Crippen LogP contribution < -0.4 is 5.32 Å². The summed E-state index contributed by atoms with van der Waals surface area (Å²) < 4.78 is 1.73. The molecule has 1 aliphatic rings. The highest BCUT2D eigenvalue weighted by Crippen LogP contribution is 2.39. The Morgan fingerprint density at radius 2 is 2.05 bits per heavy atom. The molecule has 0 spiro atoms. The first-order valence-corrected chi connectivity index (χ1v) is 6.71. The topological polar surface area (TPSA) is 84.2 Å². The third-order valence-electron chi connectivity index (χ3n) is 3.67. The Morgan fingerprint density at radius 3 is 2.67 bits per heavy atom. The average molecular weight is 285 g/mol. The van der Waals surface area contributed by atoms with Gasteiger partial charge < -0.3 is 10.4 Å². The van der Waals surface area contributed by atoms with Crippen molar-refractivity contribution in [3.63, 3.8) is 0 Å². The maximum Gasteiger partial charge on any atom is 0.307 e. The van der Waals surface area contributed by atoms with Gasteiger partial charge in [-0.15, -0.1) is 0 Å². The average Bonchev–Trinajstić information content (AvgIpc) is 3.16. The lowest BCUT2D eigenvalue weighted by molar-refractivity contribution is -0.139. The van der Waals surface area contributed by atoms with Crippen molar-refractivity contribution in [3.8, 4) is 5.69 Å². The third kappa shape index (κ3) is 2.52. The van der Waals surface area contributed by atoms with E-state index in [1.54, 1.807) is 16.9 Å². The Morgan fingerprint density at radius 1 is 1.29 bits per heavy atom. The normalized spacial score (nSPS) is 20.0. The molecule has 2 N–H and O–H groups in total. The van der Waals surface area contributed by atoms with Gasteiger partial charge in [-0.3, -0.25) is 9.59 Å². The minimum atomic E-state index is -0.911. The second-order valence-electron chi connectivity index (χ2n) is 5.18. The van der Waals surface area contributed by atoms with Gasteiger partial charge in [0.1, 0.15) is 0 Å². The van der Waals surface area contributed by atoms with Crippen molar-refractivity contribution < 1.29 is 14.7 Å². The number of rotatable bonds is 4. The molecule has 6 heteroatoms. The van der Waals surface area contributed by atoms with E-state index < -0.39 is 17.8 Å². The molecule has 0 unspecified atom stereocenters. The van der Waals surface area contributed by atoms with E-state index in [0.717, 1.165) is 11.4 Å². The Bertz CT molecular complexity index is 708. The van der Waals surface area contributed by atoms with Gasteiger partial charge in [-0.2, -0.15) is 5.10 Å². The molecule has 21 heavy (non-hydrogen) atoms. The van der Waals surface area contributed by atoms with Gasteiger partial charge in [0.2, 0.25) is 5.91 Å². The van der Waals surface area contributed by atoms with Gasteiger partial charge >= 0.3 is 5.97 Å². The van der Waals surface area contributed by atoms with Crippen LogP contribution in [0, 0.1) is 18.8 Å². The molecule has 1 aromatic carbocycles. The lowest BCUT2D eigenvalue weighted by Gasteiger charge is -2.12. The summed E-state index contributed by atoms with van der Waals surface area (Å²) in [6, 6.07) is 9.20. The number of nitrogens with one attached hydrogen (secondary N) is 1. The number of nitrogens with zero attached hydrogens (tertiary/aromatic N) is 2. The quantitative estimate of drug-likeness (QED) is 0.897. The van der Waals surface area contributed by atoms with Crippen molar-refractivity contribution in [1.82, 2.24) is 9.78 Å². The van der Waals surface area contributed by atoms with Gasteiger partial charge in [0.25, 0.3) is 0 Å². The molecule has 3 rings (SSSR count). The van der Waals surface area contributed by atoms with Gasteiger partial charge in [0.05, 0.1) is 23.2 Å². The van der Waals surface area contributed by atoms with E-state index in [0.29, 0.717) is 12.1 Å². The van der Waals surface area contributed by atoms with Crippen LogP contribution in [0.4, 0.5) is 5.69 Å². The number of para-hydroxylation sites is 2. The second-order valence-corrected chi connectivity index (χ2v) is 5.18.